The smallest absolute Gasteiger partial charge is 0.244 e. The monoisotopic (exact) mass is 401 g/mol. The van der Waals surface area contributed by atoms with Crippen LogP contribution in [0.4, 0.5) is 5.82 Å². The number of carbonyl (C=O) groups is 1. The largest absolute Gasteiger partial charge is 0.351 e. The second kappa shape index (κ2) is 6.83. The van der Waals surface area contributed by atoms with Gasteiger partial charge in [0.25, 0.3) is 0 Å². The van der Waals surface area contributed by atoms with Crippen molar-refractivity contribution in [1.82, 2.24) is 29.6 Å². The molecule has 0 aliphatic carbocycles. The third-order valence-electron chi connectivity index (χ3n) is 6.49. The molecule has 1 aromatic carbocycles. The molecule has 4 aromatic rings. The molecule has 0 radical (unpaired) electrons. The van der Waals surface area contributed by atoms with E-state index in [9.17, 15) is 4.79 Å². The normalized spacial score (nSPS) is 21.5. The lowest BCUT2D eigenvalue weighted by Crippen LogP contribution is -2.53. The minimum Gasteiger partial charge on any atom is -0.351 e. The predicted octanol–water partition coefficient (Wildman–Crippen LogP) is 2.58. The van der Waals surface area contributed by atoms with Crippen LogP contribution in [0.25, 0.3) is 21.9 Å². The summed E-state index contributed by atoms with van der Waals surface area (Å²) in [5.41, 5.74) is 1.78. The van der Waals surface area contributed by atoms with Gasteiger partial charge in [0.15, 0.2) is 0 Å². The van der Waals surface area contributed by atoms with Gasteiger partial charge in [0.1, 0.15) is 24.3 Å². The van der Waals surface area contributed by atoms with Crippen LogP contribution < -0.4 is 4.90 Å². The average molecular weight is 401 g/mol. The second-order valence-corrected chi connectivity index (χ2v) is 8.17. The number of benzene rings is 1. The van der Waals surface area contributed by atoms with Gasteiger partial charge in [-0.1, -0.05) is 18.2 Å². The summed E-state index contributed by atoms with van der Waals surface area (Å²) >= 11 is 0. The lowest BCUT2D eigenvalue weighted by molar-refractivity contribution is -0.135. The zero-order valence-electron chi connectivity index (χ0n) is 16.6. The maximum Gasteiger partial charge on any atom is 0.244 e. The number of piperidine rings is 1. The number of fused-ring (bicyclic) bond motifs is 3. The number of likely N-dealkylation sites (tertiary alicyclic amines) is 1. The van der Waals surface area contributed by atoms with Crippen molar-refractivity contribution in [1.29, 1.82) is 0 Å². The van der Waals surface area contributed by atoms with Gasteiger partial charge in [0.2, 0.25) is 5.91 Å². The highest BCUT2D eigenvalue weighted by Crippen LogP contribution is 2.36. The van der Waals surface area contributed by atoms with E-state index in [1.54, 1.807) is 11.0 Å². The summed E-state index contributed by atoms with van der Waals surface area (Å²) in [7, 11) is 0. The number of hydrogen-bond acceptors (Lipinski definition) is 5. The molecular formula is C22H23N7O. The summed E-state index contributed by atoms with van der Waals surface area (Å²) in [6, 6.07) is 10.5. The molecule has 3 aromatic heterocycles. The fourth-order valence-corrected chi connectivity index (χ4v) is 5.17. The third-order valence-corrected chi connectivity index (χ3v) is 6.49. The molecule has 0 unspecified atom stereocenters. The number of carbonyl (C=O) groups excluding carboxylic acids is 1. The fourth-order valence-electron chi connectivity index (χ4n) is 5.17. The summed E-state index contributed by atoms with van der Waals surface area (Å²) in [5.74, 6) is 1.12. The van der Waals surface area contributed by atoms with Gasteiger partial charge < -0.3 is 14.8 Å². The van der Waals surface area contributed by atoms with E-state index in [0.717, 1.165) is 60.1 Å². The van der Waals surface area contributed by atoms with Crippen molar-refractivity contribution in [2.45, 2.75) is 37.9 Å². The quantitative estimate of drug-likeness (QED) is 0.571. The Hall–Kier alpha value is -3.42. The van der Waals surface area contributed by atoms with Crippen LogP contribution in [0.2, 0.25) is 0 Å². The zero-order chi connectivity index (χ0) is 20.1. The van der Waals surface area contributed by atoms with Crippen molar-refractivity contribution >= 4 is 33.7 Å². The van der Waals surface area contributed by atoms with Crippen LogP contribution in [-0.2, 0) is 11.3 Å². The molecule has 2 aliphatic heterocycles. The van der Waals surface area contributed by atoms with E-state index >= 15 is 0 Å². The van der Waals surface area contributed by atoms with Gasteiger partial charge in [-0.2, -0.15) is 5.10 Å². The molecule has 8 nitrogen and oxygen atoms in total. The summed E-state index contributed by atoms with van der Waals surface area (Å²) in [6.45, 7) is 2.01. The highest BCUT2D eigenvalue weighted by molar-refractivity contribution is 5.87. The van der Waals surface area contributed by atoms with Crippen LogP contribution in [-0.4, -0.2) is 60.7 Å². The minimum absolute atomic E-state index is 0.147. The van der Waals surface area contributed by atoms with Crippen LogP contribution in [0.1, 0.15) is 19.3 Å². The maximum absolute atomic E-state index is 13.2. The van der Waals surface area contributed by atoms with Crippen molar-refractivity contribution in [3.63, 3.8) is 0 Å². The number of aromatic nitrogens is 5. The lowest BCUT2D eigenvalue weighted by Gasteiger charge is -2.40. The first-order valence-electron chi connectivity index (χ1n) is 10.5. The Bertz CT molecular complexity index is 1200. The molecule has 30 heavy (non-hydrogen) atoms. The van der Waals surface area contributed by atoms with Crippen LogP contribution in [0.15, 0.2) is 49.1 Å². The third kappa shape index (κ3) is 2.74. The van der Waals surface area contributed by atoms with Gasteiger partial charge in [0.05, 0.1) is 23.0 Å². The summed E-state index contributed by atoms with van der Waals surface area (Å²) < 4.78 is 1.77. The molecule has 0 bridgehead atoms. The van der Waals surface area contributed by atoms with E-state index < -0.39 is 0 Å². The van der Waals surface area contributed by atoms with Gasteiger partial charge in [-0.3, -0.25) is 9.48 Å². The molecule has 0 saturated carbocycles. The Labute approximate surface area is 173 Å². The van der Waals surface area contributed by atoms with E-state index in [0.29, 0.717) is 6.04 Å². The Morgan fingerprint density at radius 2 is 2.03 bits per heavy atom. The van der Waals surface area contributed by atoms with Crippen molar-refractivity contribution < 1.29 is 4.79 Å². The summed E-state index contributed by atoms with van der Waals surface area (Å²) in [5, 5.41) is 6.67. The van der Waals surface area contributed by atoms with Crippen molar-refractivity contribution in [3.05, 3.63) is 49.1 Å². The fraction of sp³-hybridized carbons (Fsp3) is 0.364. The van der Waals surface area contributed by atoms with Crippen LogP contribution in [0.3, 0.4) is 0 Å². The highest BCUT2D eigenvalue weighted by atomic mass is 16.2. The van der Waals surface area contributed by atoms with E-state index in [-0.39, 0.29) is 18.5 Å². The predicted molar refractivity (Wildman–Crippen MR) is 114 cm³/mol. The van der Waals surface area contributed by atoms with Crippen molar-refractivity contribution in [2.75, 3.05) is 18.0 Å². The number of hydrogen-bond donors (Lipinski definition) is 1. The molecule has 0 spiro atoms. The maximum atomic E-state index is 13.2. The molecule has 1 amide bonds. The number of H-pyrrole nitrogens is 1. The van der Waals surface area contributed by atoms with Crippen molar-refractivity contribution in [2.24, 2.45) is 0 Å². The van der Waals surface area contributed by atoms with Gasteiger partial charge in [-0.15, -0.1) is 0 Å². The van der Waals surface area contributed by atoms with Gasteiger partial charge in [0, 0.05) is 30.9 Å². The molecule has 2 aliphatic rings. The number of nitrogens with one attached hydrogen (secondary N) is 1. The molecule has 2 atom stereocenters. The zero-order valence-corrected chi connectivity index (χ0v) is 16.6. The molecular weight excluding hydrogens is 378 g/mol. The summed E-state index contributed by atoms with van der Waals surface area (Å²) in [6.07, 6.45) is 8.53. The SMILES string of the molecule is O=C(Cn1cc2ccccc2n1)N1CCC[C@@H]2[C@H]1CCN2c1ncnc2[nH]ccc12. The first-order valence-corrected chi connectivity index (χ1v) is 10.5. The van der Waals surface area contributed by atoms with Crippen LogP contribution in [0, 0.1) is 0 Å². The summed E-state index contributed by atoms with van der Waals surface area (Å²) in [4.78, 5) is 29.8. The van der Waals surface area contributed by atoms with Gasteiger partial charge >= 0.3 is 0 Å². The first kappa shape index (κ1) is 17.4. The Morgan fingerprint density at radius 3 is 2.97 bits per heavy atom. The van der Waals surface area contributed by atoms with Crippen LogP contribution in [0.5, 0.6) is 0 Å². The number of anilines is 1. The van der Waals surface area contributed by atoms with E-state index in [1.807, 2.05) is 42.7 Å². The number of aromatic amines is 1. The molecule has 152 valence electrons. The van der Waals surface area contributed by atoms with E-state index in [1.165, 1.54) is 0 Å². The Morgan fingerprint density at radius 1 is 1.10 bits per heavy atom. The lowest BCUT2D eigenvalue weighted by atomic mass is 9.96. The first-order chi connectivity index (χ1) is 14.8. The van der Waals surface area contributed by atoms with Crippen LogP contribution >= 0.6 is 0 Å². The molecule has 8 heteroatoms. The molecule has 1 N–H and O–H groups in total. The highest BCUT2D eigenvalue weighted by Gasteiger charge is 2.42. The number of amides is 1. The molecule has 5 heterocycles. The number of nitrogens with zero attached hydrogens (tertiary/aromatic N) is 6. The Balaban J connectivity index is 1.24. The van der Waals surface area contributed by atoms with Crippen molar-refractivity contribution in [3.8, 4) is 0 Å². The average Bonchev–Trinajstić information content (AvgIpc) is 3.50. The standard InChI is InChI=1S/C22H23N7O/c30-20(13-27-12-15-4-1-2-5-17(15)26-27)28-10-3-6-18-19(28)8-11-29(18)22-16-7-9-23-21(16)24-14-25-22/h1-2,4-5,7,9,12,14,18-19H,3,6,8,10-11,13H2,(H,23,24,25)/t18-,19-/m1/s1. The minimum atomic E-state index is 0.147. The number of rotatable bonds is 3. The Kier molecular flexibility index (Phi) is 3.97. The second-order valence-electron chi connectivity index (χ2n) is 8.17. The van der Waals surface area contributed by atoms with E-state index in [4.69, 9.17) is 0 Å². The molecule has 2 fully saturated rings. The van der Waals surface area contributed by atoms with Gasteiger partial charge in [-0.05, 0) is 31.4 Å². The van der Waals surface area contributed by atoms with E-state index in [2.05, 4.69) is 29.9 Å². The topological polar surface area (TPSA) is 82.9 Å². The molecule has 2 saturated heterocycles. The van der Waals surface area contributed by atoms with Gasteiger partial charge in [-0.25, -0.2) is 9.97 Å². The molecule has 6 rings (SSSR count).